The molecule has 0 amide bonds. The van der Waals surface area contributed by atoms with Crippen molar-refractivity contribution < 1.29 is 23.7 Å². The molecular formula is C15H20O5. The van der Waals surface area contributed by atoms with Crippen LogP contribution in [0.25, 0.3) is 0 Å². The number of carbonyl (C=O) groups is 1. The number of benzene rings is 1. The second-order valence-electron chi connectivity index (χ2n) is 5.38. The standard InChI is InChI=1S/C15H20O5/c1-15(8-19-9-15)10-20-13-5-11(7-17-2)4-12(6-13)14(16)18-3/h4-6H,7-10H2,1-3H3. The van der Waals surface area contributed by atoms with Crippen molar-refractivity contribution in [1.82, 2.24) is 0 Å². The minimum atomic E-state index is -0.383. The highest BCUT2D eigenvalue weighted by Crippen LogP contribution is 2.28. The molecule has 0 radical (unpaired) electrons. The summed E-state index contributed by atoms with van der Waals surface area (Å²) >= 11 is 0. The maximum Gasteiger partial charge on any atom is 0.337 e. The highest BCUT2D eigenvalue weighted by Gasteiger charge is 2.34. The Balaban J connectivity index is 2.13. The molecule has 1 saturated heterocycles. The summed E-state index contributed by atoms with van der Waals surface area (Å²) in [7, 11) is 2.97. The molecule has 0 N–H and O–H groups in total. The van der Waals surface area contributed by atoms with Crippen LogP contribution < -0.4 is 4.74 Å². The first-order valence-electron chi connectivity index (χ1n) is 6.48. The Hall–Kier alpha value is -1.59. The molecule has 1 aromatic carbocycles. The Morgan fingerprint density at radius 1 is 1.30 bits per heavy atom. The van der Waals surface area contributed by atoms with E-state index < -0.39 is 0 Å². The molecule has 0 aliphatic carbocycles. The Kier molecular flexibility index (Phi) is 4.62. The monoisotopic (exact) mass is 280 g/mol. The summed E-state index contributed by atoms with van der Waals surface area (Å²) in [4.78, 5) is 11.7. The maximum absolute atomic E-state index is 11.7. The van der Waals surface area contributed by atoms with Crippen molar-refractivity contribution in [2.45, 2.75) is 13.5 Å². The molecule has 5 heteroatoms. The van der Waals surface area contributed by atoms with Crippen LogP contribution in [0.2, 0.25) is 0 Å². The predicted octanol–water partition coefficient (Wildman–Crippen LogP) is 2.03. The molecular weight excluding hydrogens is 260 g/mol. The molecule has 110 valence electrons. The highest BCUT2D eigenvalue weighted by atomic mass is 16.5. The maximum atomic E-state index is 11.7. The van der Waals surface area contributed by atoms with Gasteiger partial charge in [-0.25, -0.2) is 4.79 Å². The van der Waals surface area contributed by atoms with E-state index in [0.29, 0.717) is 37.7 Å². The van der Waals surface area contributed by atoms with Gasteiger partial charge in [-0.1, -0.05) is 6.92 Å². The third-order valence-corrected chi connectivity index (χ3v) is 3.19. The molecule has 20 heavy (non-hydrogen) atoms. The zero-order valence-electron chi connectivity index (χ0n) is 12.1. The zero-order chi connectivity index (χ0) is 14.6. The van der Waals surface area contributed by atoms with Gasteiger partial charge in [0.1, 0.15) is 5.75 Å². The summed E-state index contributed by atoms with van der Waals surface area (Å²) in [6, 6.07) is 5.31. The summed E-state index contributed by atoms with van der Waals surface area (Å²) in [5.41, 5.74) is 1.40. The molecule has 0 spiro atoms. The van der Waals surface area contributed by atoms with E-state index in [2.05, 4.69) is 6.92 Å². The fourth-order valence-corrected chi connectivity index (χ4v) is 2.02. The van der Waals surface area contributed by atoms with Crippen LogP contribution in [0.4, 0.5) is 0 Å². The average molecular weight is 280 g/mol. The Morgan fingerprint density at radius 2 is 2.05 bits per heavy atom. The number of methoxy groups -OCH3 is 2. The van der Waals surface area contributed by atoms with Crippen molar-refractivity contribution in [3.63, 3.8) is 0 Å². The van der Waals surface area contributed by atoms with E-state index in [0.717, 1.165) is 5.56 Å². The van der Waals surface area contributed by atoms with Crippen molar-refractivity contribution >= 4 is 5.97 Å². The van der Waals surface area contributed by atoms with E-state index in [1.165, 1.54) is 7.11 Å². The molecule has 0 aromatic heterocycles. The minimum absolute atomic E-state index is 0.0582. The van der Waals surface area contributed by atoms with Gasteiger partial charge in [-0.3, -0.25) is 0 Å². The third kappa shape index (κ3) is 3.49. The van der Waals surface area contributed by atoms with Crippen molar-refractivity contribution in [3.05, 3.63) is 29.3 Å². The lowest BCUT2D eigenvalue weighted by Crippen LogP contribution is -2.44. The Morgan fingerprint density at radius 3 is 2.60 bits per heavy atom. The van der Waals surface area contributed by atoms with Crippen LogP contribution in [0.1, 0.15) is 22.8 Å². The number of ether oxygens (including phenoxy) is 4. The third-order valence-electron chi connectivity index (χ3n) is 3.19. The first-order valence-corrected chi connectivity index (χ1v) is 6.48. The van der Waals surface area contributed by atoms with Gasteiger partial charge in [-0.05, 0) is 23.8 Å². The van der Waals surface area contributed by atoms with Gasteiger partial charge in [-0.2, -0.15) is 0 Å². The number of rotatable bonds is 6. The minimum Gasteiger partial charge on any atom is -0.493 e. The molecule has 1 fully saturated rings. The van der Waals surface area contributed by atoms with Gasteiger partial charge in [0.2, 0.25) is 0 Å². The lowest BCUT2D eigenvalue weighted by molar-refractivity contribution is -0.120. The number of carbonyl (C=O) groups excluding carboxylic acids is 1. The number of hydrogen-bond donors (Lipinski definition) is 0. The quantitative estimate of drug-likeness (QED) is 0.746. The van der Waals surface area contributed by atoms with Crippen LogP contribution in [0, 0.1) is 5.41 Å². The Bertz CT molecular complexity index is 479. The van der Waals surface area contributed by atoms with Crippen molar-refractivity contribution in [2.24, 2.45) is 5.41 Å². The summed E-state index contributed by atoms with van der Waals surface area (Å²) in [5, 5.41) is 0. The fraction of sp³-hybridized carbons (Fsp3) is 0.533. The molecule has 1 aliphatic rings. The first kappa shape index (κ1) is 14.8. The summed E-state index contributed by atoms with van der Waals surface area (Å²) in [5.74, 6) is 0.263. The normalized spacial score (nSPS) is 16.4. The molecule has 5 nitrogen and oxygen atoms in total. The first-order chi connectivity index (χ1) is 9.56. The van der Waals surface area contributed by atoms with Gasteiger partial charge in [0.05, 0.1) is 39.1 Å². The van der Waals surface area contributed by atoms with Gasteiger partial charge >= 0.3 is 5.97 Å². The van der Waals surface area contributed by atoms with Crippen LogP contribution in [0.15, 0.2) is 18.2 Å². The largest absolute Gasteiger partial charge is 0.493 e. The van der Waals surface area contributed by atoms with E-state index in [1.807, 2.05) is 6.07 Å². The van der Waals surface area contributed by atoms with E-state index in [4.69, 9.17) is 18.9 Å². The van der Waals surface area contributed by atoms with E-state index in [-0.39, 0.29) is 11.4 Å². The van der Waals surface area contributed by atoms with Crippen molar-refractivity contribution in [1.29, 1.82) is 0 Å². The summed E-state index contributed by atoms with van der Waals surface area (Å²) in [6.07, 6.45) is 0. The lowest BCUT2D eigenvalue weighted by Gasteiger charge is -2.37. The second kappa shape index (κ2) is 6.24. The van der Waals surface area contributed by atoms with Crippen LogP contribution in [0.3, 0.4) is 0 Å². The Labute approximate surface area is 118 Å². The van der Waals surface area contributed by atoms with Gasteiger partial charge < -0.3 is 18.9 Å². The van der Waals surface area contributed by atoms with Gasteiger partial charge in [0.15, 0.2) is 0 Å². The topological polar surface area (TPSA) is 54.0 Å². The molecule has 0 bridgehead atoms. The van der Waals surface area contributed by atoms with Gasteiger partial charge in [-0.15, -0.1) is 0 Å². The van der Waals surface area contributed by atoms with E-state index in [1.54, 1.807) is 19.2 Å². The zero-order valence-corrected chi connectivity index (χ0v) is 12.1. The van der Waals surface area contributed by atoms with Gasteiger partial charge in [0, 0.05) is 12.5 Å². The molecule has 1 heterocycles. The smallest absolute Gasteiger partial charge is 0.337 e. The highest BCUT2D eigenvalue weighted by molar-refractivity contribution is 5.90. The van der Waals surface area contributed by atoms with E-state index >= 15 is 0 Å². The van der Waals surface area contributed by atoms with Crippen molar-refractivity contribution in [3.8, 4) is 5.75 Å². The van der Waals surface area contributed by atoms with Crippen LogP contribution in [-0.4, -0.2) is 40.0 Å². The SMILES string of the molecule is COCc1cc(OCC2(C)COC2)cc(C(=O)OC)c1. The molecule has 1 aliphatic heterocycles. The van der Waals surface area contributed by atoms with E-state index in [9.17, 15) is 4.79 Å². The lowest BCUT2D eigenvalue weighted by atomic mass is 9.90. The average Bonchev–Trinajstić information content (AvgIpc) is 2.42. The van der Waals surface area contributed by atoms with Gasteiger partial charge in [0.25, 0.3) is 0 Å². The second-order valence-corrected chi connectivity index (χ2v) is 5.38. The number of esters is 1. The molecule has 0 unspecified atom stereocenters. The number of hydrogen-bond acceptors (Lipinski definition) is 5. The fourth-order valence-electron chi connectivity index (χ4n) is 2.02. The summed E-state index contributed by atoms with van der Waals surface area (Å²) < 4.78 is 20.8. The molecule has 0 saturated carbocycles. The molecule has 1 aromatic rings. The van der Waals surface area contributed by atoms with Crippen molar-refractivity contribution in [2.75, 3.05) is 34.0 Å². The molecule has 2 rings (SSSR count). The van der Waals surface area contributed by atoms with Crippen LogP contribution >= 0.6 is 0 Å². The van der Waals surface area contributed by atoms with Crippen LogP contribution in [-0.2, 0) is 20.8 Å². The van der Waals surface area contributed by atoms with Crippen LogP contribution in [0.5, 0.6) is 5.75 Å². The predicted molar refractivity (Wildman–Crippen MR) is 72.9 cm³/mol. The molecule has 0 atom stereocenters. The summed E-state index contributed by atoms with van der Waals surface area (Å²) in [6.45, 7) is 4.49.